The molecule has 0 aliphatic rings. The second-order valence-corrected chi connectivity index (χ2v) is 3.91. The third-order valence-electron chi connectivity index (χ3n) is 1.45. The molecule has 0 bridgehead atoms. The Bertz CT molecular complexity index is 268. The average molecular weight is 267 g/mol. The van der Waals surface area contributed by atoms with Crippen LogP contribution in [0.3, 0.4) is 0 Å². The van der Waals surface area contributed by atoms with Crippen LogP contribution in [0.2, 0.25) is 0 Å². The van der Waals surface area contributed by atoms with E-state index in [4.69, 9.17) is 4.74 Å². The molecule has 1 rings (SSSR count). The van der Waals surface area contributed by atoms with E-state index in [0.717, 1.165) is 11.3 Å². The van der Waals surface area contributed by atoms with Crippen molar-refractivity contribution in [1.29, 1.82) is 0 Å². The summed E-state index contributed by atoms with van der Waals surface area (Å²) in [6.07, 6.45) is 0. The van der Waals surface area contributed by atoms with Gasteiger partial charge in [0.05, 0.1) is 5.60 Å². The molecule has 1 aromatic carbocycles. The maximum atomic E-state index is 5.70. The molecule has 0 unspecified atom stereocenters. The fourth-order valence-corrected chi connectivity index (χ4v) is 0.933. The van der Waals surface area contributed by atoms with Crippen molar-refractivity contribution in [3.05, 3.63) is 29.8 Å². The van der Waals surface area contributed by atoms with Crippen LogP contribution in [0, 0.1) is 13.0 Å². The fourth-order valence-electron chi connectivity index (χ4n) is 0.933. The summed E-state index contributed by atoms with van der Waals surface area (Å²) in [5, 5.41) is 0. The van der Waals surface area contributed by atoms with E-state index in [0.29, 0.717) is 0 Å². The van der Waals surface area contributed by atoms with Crippen molar-refractivity contribution in [3.63, 3.8) is 0 Å². The van der Waals surface area contributed by atoms with Gasteiger partial charge in [0.25, 0.3) is 0 Å². The van der Waals surface area contributed by atoms with Crippen molar-refractivity contribution in [3.8, 4) is 5.75 Å². The van der Waals surface area contributed by atoms with Crippen molar-refractivity contribution >= 4 is 23.1 Å². The summed E-state index contributed by atoms with van der Waals surface area (Å²) < 4.78 is 5.70. The molecule has 0 spiro atoms. The van der Waals surface area contributed by atoms with Gasteiger partial charge in [-0.25, -0.2) is 0 Å². The normalized spacial score (nSPS) is 9.71. The van der Waals surface area contributed by atoms with Crippen LogP contribution in [0.15, 0.2) is 18.2 Å². The van der Waals surface area contributed by atoms with E-state index in [1.807, 2.05) is 45.9 Å². The molecule has 0 saturated carbocycles. The second kappa shape index (κ2) is 6.70. The Labute approximate surface area is 113 Å². The van der Waals surface area contributed by atoms with Crippen LogP contribution in [0.1, 0.15) is 26.3 Å². The van der Waals surface area contributed by atoms with E-state index >= 15 is 0 Å². The van der Waals surface area contributed by atoms with Crippen molar-refractivity contribution in [2.75, 3.05) is 0 Å². The molecule has 0 aliphatic heterocycles. The van der Waals surface area contributed by atoms with Crippen LogP contribution in [0.5, 0.6) is 5.75 Å². The van der Waals surface area contributed by atoms with E-state index in [9.17, 15) is 0 Å². The summed E-state index contributed by atoms with van der Waals surface area (Å²) >= 11 is 0. The first kappa shape index (κ1) is 16.7. The van der Waals surface area contributed by atoms with Gasteiger partial charge in [-0.1, -0.05) is 6.92 Å². The van der Waals surface area contributed by atoms with Gasteiger partial charge in [0.2, 0.25) is 0 Å². The van der Waals surface area contributed by atoms with Crippen LogP contribution >= 0.6 is 0 Å². The van der Waals surface area contributed by atoms with Gasteiger partial charge in [-0.05, 0) is 20.8 Å². The molecule has 0 saturated heterocycles. The zero-order valence-corrected chi connectivity index (χ0v) is 12.2. The molecular weight excluding hydrogens is 252 g/mol. The third kappa shape index (κ3) is 5.88. The Kier molecular flexibility index (Phi) is 7.98. The molecule has 3 heteroatoms. The summed E-state index contributed by atoms with van der Waals surface area (Å²) in [6.45, 7) is 8.16. The monoisotopic (exact) mass is 266 g/mol. The van der Waals surface area contributed by atoms with Crippen molar-refractivity contribution in [2.24, 2.45) is 0 Å². The van der Waals surface area contributed by atoms with E-state index < -0.39 is 0 Å². The maximum absolute atomic E-state index is 5.70. The van der Waals surface area contributed by atoms with Crippen LogP contribution < -0.4 is 21.7 Å². The van der Waals surface area contributed by atoms with Crippen molar-refractivity contribution in [2.45, 2.75) is 33.3 Å². The van der Waals surface area contributed by atoms with Crippen LogP contribution in [-0.2, 0) is 0 Å². The number of aryl methyl sites for hydroxylation is 1. The molecule has 0 amide bonds. The fraction of sp³-hybridized carbons (Fsp3) is 0.455. The predicted molar refractivity (Wildman–Crippen MR) is 56.2 cm³/mol. The SMILES string of the molecule is Cc1cc[c-]cc1OC(C)(C)C.[Br-].[Mg+2]. The molecule has 0 aliphatic carbocycles. The number of hydrogen-bond donors (Lipinski definition) is 0. The number of rotatable bonds is 1. The first-order valence-corrected chi connectivity index (χ1v) is 4.15. The van der Waals surface area contributed by atoms with Crippen LogP contribution in [-0.4, -0.2) is 28.7 Å². The Morgan fingerprint density at radius 2 is 1.86 bits per heavy atom. The summed E-state index contributed by atoms with van der Waals surface area (Å²) in [6, 6.07) is 8.77. The topological polar surface area (TPSA) is 9.23 Å². The Balaban J connectivity index is 0. The van der Waals surface area contributed by atoms with Gasteiger partial charge in [0.1, 0.15) is 0 Å². The molecule has 0 aromatic heterocycles. The third-order valence-corrected chi connectivity index (χ3v) is 1.45. The quantitative estimate of drug-likeness (QED) is 0.497. The number of benzene rings is 1. The minimum Gasteiger partial charge on any atom is -1.00 e. The first-order chi connectivity index (χ1) is 5.49. The summed E-state index contributed by atoms with van der Waals surface area (Å²) in [4.78, 5) is 0. The van der Waals surface area contributed by atoms with Gasteiger partial charge in [-0.15, -0.1) is 11.6 Å². The van der Waals surface area contributed by atoms with Gasteiger partial charge < -0.3 is 21.7 Å². The molecule has 74 valence electrons. The summed E-state index contributed by atoms with van der Waals surface area (Å²) in [5.74, 6) is 0.921. The van der Waals surface area contributed by atoms with Gasteiger partial charge in [-0.2, -0.15) is 18.2 Å². The smallest absolute Gasteiger partial charge is 1.00 e. The standard InChI is InChI=1S/C11H15O.BrH.Mg/c1-9-7-5-6-8-10(9)12-11(2,3)4;;/h5,7-8H,1-4H3;1H;/q-1;;+2/p-1. The predicted octanol–water partition coefficient (Wildman–Crippen LogP) is -0.404. The van der Waals surface area contributed by atoms with Crippen molar-refractivity contribution < 1.29 is 21.7 Å². The van der Waals surface area contributed by atoms with E-state index in [-0.39, 0.29) is 45.6 Å². The van der Waals surface area contributed by atoms with E-state index in [2.05, 4.69) is 6.07 Å². The largest absolute Gasteiger partial charge is 2.00 e. The van der Waals surface area contributed by atoms with E-state index in [1.54, 1.807) is 0 Å². The molecule has 14 heavy (non-hydrogen) atoms. The van der Waals surface area contributed by atoms with Crippen LogP contribution in [0.25, 0.3) is 0 Å². The minimum atomic E-state index is -0.125. The molecule has 0 fully saturated rings. The number of halogens is 1. The zero-order valence-electron chi connectivity index (χ0n) is 9.23. The van der Waals surface area contributed by atoms with Gasteiger partial charge in [0.15, 0.2) is 0 Å². The molecule has 0 N–H and O–H groups in total. The Hall–Kier alpha value is 0.266. The van der Waals surface area contributed by atoms with Crippen LogP contribution in [0.4, 0.5) is 0 Å². The van der Waals surface area contributed by atoms with Crippen molar-refractivity contribution in [1.82, 2.24) is 0 Å². The molecular formula is C11H15BrMgO. The number of ether oxygens (including phenoxy) is 1. The van der Waals surface area contributed by atoms with Gasteiger partial charge in [-0.3, -0.25) is 0 Å². The minimum absolute atomic E-state index is 0. The first-order valence-electron chi connectivity index (χ1n) is 4.15. The summed E-state index contributed by atoms with van der Waals surface area (Å²) in [7, 11) is 0. The molecule has 1 aromatic rings. The van der Waals surface area contributed by atoms with E-state index in [1.165, 1.54) is 0 Å². The number of hydrogen-bond acceptors (Lipinski definition) is 1. The second-order valence-electron chi connectivity index (χ2n) is 3.91. The molecule has 0 heterocycles. The Morgan fingerprint density at radius 3 is 2.29 bits per heavy atom. The molecule has 0 atom stereocenters. The summed E-state index contributed by atoms with van der Waals surface area (Å²) in [5.41, 5.74) is 1.03. The van der Waals surface area contributed by atoms with Gasteiger partial charge >= 0.3 is 23.1 Å². The molecule has 1 nitrogen and oxygen atoms in total. The zero-order chi connectivity index (χ0) is 9.19. The maximum Gasteiger partial charge on any atom is 2.00 e. The average Bonchev–Trinajstić information content (AvgIpc) is 1.91. The Morgan fingerprint density at radius 1 is 1.29 bits per heavy atom. The molecule has 0 radical (unpaired) electrons. The van der Waals surface area contributed by atoms with Gasteiger partial charge in [0, 0.05) is 5.75 Å².